The van der Waals surface area contributed by atoms with Gasteiger partial charge in [-0.1, -0.05) is 26.8 Å². The summed E-state index contributed by atoms with van der Waals surface area (Å²) in [6.45, 7) is 8.79. The highest BCUT2D eigenvalue weighted by Crippen LogP contribution is 2.56. The van der Waals surface area contributed by atoms with Crippen LogP contribution in [0, 0.1) is 11.3 Å². The lowest BCUT2D eigenvalue weighted by Gasteiger charge is -2.18. The van der Waals surface area contributed by atoms with Crippen molar-refractivity contribution in [3.05, 3.63) is 23.9 Å². The molecule has 1 saturated heterocycles. The van der Waals surface area contributed by atoms with E-state index in [0.717, 1.165) is 30.8 Å². The molecule has 1 aliphatic carbocycles. The third kappa shape index (κ3) is 3.14. The van der Waals surface area contributed by atoms with Crippen LogP contribution in [0.25, 0.3) is 0 Å². The minimum absolute atomic E-state index is 0.366. The summed E-state index contributed by atoms with van der Waals surface area (Å²) < 4.78 is 5.61. The van der Waals surface area contributed by atoms with Crippen LogP contribution in [-0.4, -0.2) is 24.2 Å². The minimum atomic E-state index is 0.366. The van der Waals surface area contributed by atoms with Crippen LogP contribution in [0.15, 0.2) is 18.3 Å². The topological polar surface area (TPSA) is 34.1 Å². The molecule has 0 spiro atoms. The van der Waals surface area contributed by atoms with Gasteiger partial charge in [-0.25, -0.2) is 4.98 Å². The van der Waals surface area contributed by atoms with Crippen molar-refractivity contribution >= 4 is 5.82 Å². The van der Waals surface area contributed by atoms with E-state index in [1.54, 1.807) is 0 Å². The van der Waals surface area contributed by atoms with Gasteiger partial charge in [0, 0.05) is 19.3 Å². The third-order valence-electron chi connectivity index (χ3n) is 4.65. The molecule has 3 rings (SSSR count). The van der Waals surface area contributed by atoms with Crippen molar-refractivity contribution in [2.75, 3.05) is 18.5 Å². The van der Waals surface area contributed by atoms with Gasteiger partial charge in [-0.05, 0) is 48.1 Å². The highest BCUT2D eigenvalue weighted by atomic mass is 16.5. The average Bonchev–Trinajstić information content (AvgIpc) is 3.07. The second-order valence-electron chi connectivity index (χ2n) is 7.31. The van der Waals surface area contributed by atoms with Crippen molar-refractivity contribution in [1.29, 1.82) is 0 Å². The summed E-state index contributed by atoms with van der Waals surface area (Å²) in [4.78, 5) is 4.55. The Hall–Kier alpha value is -1.09. The Morgan fingerprint density at radius 1 is 1.35 bits per heavy atom. The van der Waals surface area contributed by atoms with E-state index in [2.05, 4.69) is 43.2 Å². The number of hydrogen-bond donors (Lipinski definition) is 1. The molecule has 2 fully saturated rings. The van der Waals surface area contributed by atoms with Crippen LogP contribution >= 0.6 is 0 Å². The molecular weight excluding hydrogens is 248 g/mol. The summed E-state index contributed by atoms with van der Waals surface area (Å²) in [6.07, 6.45) is 6.09. The van der Waals surface area contributed by atoms with E-state index in [9.17, 15) is 0 Å². The minimum Gasteiger partial charge on any atom is -0.376 e. The normalized spacial score (nSPS) is 29.4. The van der Waals surface area contributed by atoms with E-state index in [-0.39, 0.29) is 0 Å². The first-order chi connectivity index (χ1) is 9.54. The van der Waals surface area contributed by atoms with Crippen LogP contribution in [-0.2, 0) is 4.74 Å². The second kappa shape index (κ2) is 5.36. The Morgan fingerprint density at radius 3 is 2.75 bits per heavy atom. The molecule has 0 aromatic carbocycles. The van der Waals surface area contributed by atoms with Crippen molar-refractivity contribution in [3.63, 3.8) is 0 Å². The molecule has 3 atom stereocenters. The Labute approximate surface area is 122 Å². The van der Waals surface area contributed by atoms with Crippen LogP contribution in [0.1, 0.15) is 51.5 Å². The molecule has 0 amide bonds. The maximum absolute atomic E-state index is 5.61. The predicted octanol–water partition coefficient (Wildman–Crippen LogP) is 3.82. The van der Waals surface area contributed by atoms with E-state index in [0.29, 0.717) is 11.5 Å². The first kappa shape index (κ1) is 13.9. The smallest absolute Gasteiger partial charge is 0.125 e. The summed E-state index contributed by atoms with van der Waals surface area (Å²) in [5.74, 6) is 2.50. The molecule has 110 valence electrons. The monoisotopic (exact) mass is 274 g/mol. The van der Waals surface area contributed by atoms with Crippen LogP contribution < -0.4 is 5.32 Å². The van der Waals surface area contributed by atoms with Gasteiger partial charge < -0.3 is 10.1 Å². The molecule has 1 aromatic rings. The van der Waals surface area contributed by atoms with Crippen LogP contribution in [0.3, 0.4) is 0 Å². The highest BCUT2D eigenvalue weighted by molar-refractivity contribution is 5.38. The van der Waals surface area contributed by atoms with Gasteiger partial charge in [-0.15, -0.1) is 0 Å². The fourth-order valence-corrected chi connectivity index (χ4v) is 3.27. The maximum atomic E-state index is 5.61. The summed E-state index contributed by atoms with van der Waals surface area (Å²) in [7, 11) is 0. The SMILES string of the molecule is CC(C)(C)[C@@H]1C[C@H]1c1ccc(NCC2CCCO2)nc1. The molecule has 1 N–H and O–H groups in total. The second-order valence-corrected chi connectivity index (χ2v) is 7.31. The van der Waals surface area contributed by atoms with Crippen molar-refractivity contribution < 1.29 is 4.74 Å². The van der Waals surface area contributed by atoms with Crippen molar-refractivity contribution in [2.24, 2.45) is 11.3 Å². The first-order valence-electron chi connectivity index (χ1n) is 7.85. The first-order valence-corrected chi connectivity index (χ1v) is 7.85. The molecule has 1 saturated carbocycles. The lowest BCUT2D eigenvalue weighted by atomic mass is 9.88. The highest BCUT2D eigenvalue weighted by Gasteiger charge is 2.45. The predicted molar refractivity (Wildman–Crippen MR) is 82.0 cm³/mol. The average molecular weight is 274 g/mol. The van der Waals surface area contributed by atoms with E-state index in [1.165, 1.54) is 24.8 Å². The summed E-state index contributed by atoms with van der Waals surface area (Å²) in [6, 6.07) is 4.35. The molecular formula is C17H26N2O. The van der Waals surface area contributed by atoms with Gasteiger partial charge in [-0.3, -0.25) is 0 Å². The maximum Gasteiger partial charge on any atom is 0.125 e. The van der Waals surface area contributed by atoms with Gasteiger partial charge in [0.1, 0.15) is 5.82 Å². The molecule has 2 aliphatic rings. The standard InChI is InChI=1S/C17H26N2O/c1-17(2,3)15-9-14(15)12-6-7-16(18-10-12)19-11-13-5-4-8-20-13/h6-7,10,13-15H,4-5,8-9,11H2,1-3H3,(H,18,19)/t13?,14-,15+/m0/s1. The number of rotatable bonds is 4. The zero-order valence-corrected chi connectivity index (χ0v) is 12.9. The van der Waals surface area contributed by atoms with Crippen molar-refractivity contribution in [2.45, 2.75) is 52.1 Å². The number of nitrogens with one attached hydrogen (secondary N) is 1. The van der Waals surface area contributed by atoms with Gasteiger partial charge in [0.25, 0.3) is 0 Å². The Kier molecular flexibility index (Phi) is 3.72. The number of aromatic nitrogens is 1. The van der Waals surface area contributed by atoms with Crippen molar-refractivity contribution in [1.82, 2.24) is 4.98 Å². The number of pyridine rings is 1. The molecule has 1 aliphatic heterocycles. The molecule has 20 heavy (non-hydrogen) atoms. The molecule has 1 unspecified atom stereocenters. The van der Waals surface area contributed by atoms with Gasteiger partial charge >= 0.3 is 0 Å². The summed E-state index contributed by atoms with van der Waals surface area (Å²) in [5, 5.41) is 3.38. The van der Waals surface area contributed by atoms with Gasteiger partial charge in [0.15, 0.2) is 0 Å². The largest absolute Gasteiger partial charge is 0.376 e. The molecule has 3 nitrogen and oxygen atoms in total. The number of ether oxygens (including phenoxy) is 1. The van der Waals surface area contributed by atoms with Crippen LogP contribution in [0.2, 0.25) is 0 Å². The fourth-order valence-electron chi connectivity index (χ4n) is 3.27. The van der Waals surface area contributed by atoms with Crippen LogP contribution in [0.5, 0.6) is 0 Å². The molecule has 2 heterocycles. The summed E-state index contributed by atoms with van der Waals surface area (Å²) >= 11 is 0. The molecule has 3 heteroatoms. The fraction of sp³-hybridized carbons (Fsp3) is 0.706. The van der Waals surface area contributed by atoms with E-state index >= 15 is 0 Å². The lowest BCUT2D eigenvalue weighted by Crippen LogP contribution is -2.18. The zero-order valence-electron chi connectivity index (χ0n) is 12.9. The van der Waals surface area contributed by atoms with E-state index < -0.39 is 0 Å². The third-order valence-corrected chi connectivity index (χ3v) is 4.65. The van der Waals surface area contributed by atoms with Gasteiger partial charge in [-0.2, -0.15) is 0 Å². The van der Waals surface area contributed by atoms with Crippen molar-refractivity contribution in [3.8, 4) is 0 Å². The Bertz CT molecular complexity index is 443. The summed E-state index contributed by atoms with van der Waals surface area (Å²) in [5.41, 5.74) is 1.81. The Balaban J connectivity index is 1.53. The quantitative estimate of drug-likeness (QED) is 0.906. The van der Waals surface area contributed by atoms with Gasteiger partial charge in [0.05, 0.1) is 6.10 Å². The molecule has 0 radical (unpaired) electrons. The number of anilines is 1. The molecule has 1 aromatic heterocycles. The van der Waals surface area contributed by atoms with Gasteiger partial charge in [0.2, 0.25) is 0 Å². The van der Waals surface area contributed by atoms with E-state index in [4.69, 9.17) is 4.74 Å². The zero-order chi connectivity index (χ0) is 14.2. The number of nitrogens with zero attached hydrogens (tertiary/aromatic N) is 1. The lowest BCUT2D eigenvalue weighted by molar-refractivity contribution is 0.120. The Morgan fingerprint density at radius 2 is 2.20 bits per heavy atom. The molecule has 0 bridgehead atoms. The number of hydrogen-bond acceptors (Lipinski definition) is 3. The van der Waals surface area contributed by atoms with Crippen LogP contribution in [0.4, 0.5) is 5.82 Å². The van der Waals surface area contributed by atoms with E-state index in [1.807, 2.05) is 6.20 Å².